The topological polar surface area (TPSA) is 73.1 Å². The summed E-state index contributed by atoms with van der Waals surface area (Å²) >= 11 is 0. The molecule has 0 fully saturated rings. The second-order valence-corrected chi connectivity index (χ2v) is 6.03. The molecule has 3 rings (SSSR count). The van der Waals surface area contributed by atoms with Gasteiger partial charge in [0.1, 0.15) is 11.6 Å². The molecule has 0 radical (unpaired) electrons. The standard InChI is InChI=1S/C19H22N4O/c1-12(2)15-5-4-6-16-17(15)18(23-19(20)22-16)21-11-13-7-9-14(24-3)10-8-13/h4-10,12H,11H2,1-3H3,(H3,20,21,22,23). The van der Waals surface area contributed by atoms with Gasteiger partial charge in [-0.1, -0.05) is 38.1 Å². The van der Waals surface area contributed by atoms with Gasteiger partial charge in [0.05, 0.1) is 12.6 Å². The number of ether oxygens (including phenoxy) is 1. The van der Waals surface area contributed by atoms with Gasteiger partial charge in [-0.3, -0.25) is 0 Å². The number of aromatic nitrogens is 2. The van der Waals surface area contributed by atoms with E-state index in [4.69, 9.17) is 10.5 Å². The highest BCUT2D eigenvalue weighted by atomic mass is 16.5. The summed E-state index contributed by atoms with van der Waals surface area (Å²) < 4.78 is 5.19. The molecule has 24 heavy (non-hydrogen) atoms. The Morgan fingerprint density at radius 1 is 1.08 bits per heavy atom. The Bertz CT molecular complexity index is 844. The van der Waals surface area contributed by atoms with Crippen molar-refractivity contribution in [3.05, 3.63) is 53.6 Å². The molecule has 5 nitrogen and oxygen atoms in total. The first kappa shape index (κ1) is 16.1. The first-order chi connectivity index (χ1) is 11.6. The van der Waals surface area contributed by atoms with Crippen molar-refractivity contribution in [2.45, 2.75) is 26.3 Å². The second-order valence-electron chi connectivity index (χ2n) is 6.03. The quantitative estimate of drug-likeness (QED) is 0.744. The first-order valence-corrected chi connectivity index (χ1v) is 8.01. The van der Waals surface area contributed by atoms with E-state index in [1.54, 1.807) is 7.11 Å². The molecule has 0 saturated carbocycles. The molecule has 0 spiro atoms. The molecular weight excluding hydrogens is 300 g/mol. The fourth-order valence-corrected chi connectivity index (χ4v) is 2.77. The van der Waals surface area contributed by atoms with Crippen LogP contribution < -0.4 is 15.8 Å². The molecule has 0 bridgehead atoms. The van der Waals surface area contributed by atoms with Crippen LogP contribution in [0.1, 0.15) is 30.9 Å². The maximum atomic E-state index is 5.88. The van der Waals surface area contributed by atoms with E-state index in [9.17, 15) is 0 Å². The molecular formula is C19H22N4O. The van der Waals surface area contributed by atoms with Crippen LogP contribution in [0.5, 0.6) is 5.75 Å². The van der Waals surface area contributed by atoms with Gasteiger partial charge in [0.2, 0.25) is 5.95 Å². The SMILES string of the molecule is COc1ccc(CNc2nc(N)nc3cccc(C(C)C)c23)cc1. The zero-order valence-electron chi connectivity index (χ0n) is 14.2. The van der Waals surface area contributed by atoms with Gasteiger partial charge in [-0.25, -0.2) is 4.98 Å². The van der Waals surface area contributed by atoms with Gasteiger partial charge in [-0.05, 0) is 35.2 Å². The van der Waals surface area contributed by atoms with E-state index < -0.39 is 0 Å². The van der Waals surface area contributed by atoms with E-state index in [1.807, 2.05) is 36.4 Å². The molecule has 1 aromatic heterocycles. The van der Waals surface area contributed by atoms with Crippen molar-refractivity contribution >= 4 is 22.7 Å². The summed E-state index contributed by atoms with van der Waals surface area (Å²) in [7, 11) is 1.66. The number of nitrogens with zero attached hydrogens (tertiary/aromatic N) is 2. The minimum absolute atomic E-state index is 0.278. The van der Waals surface area contributed by atoms with Crippen LogP contribution in [-0.2, 0) is 6.54 Å². The Morgan fingerprint density at radius 2 is 1.83 bits per heavy atom. The van der Waals surface area contributed by atoms with Gasteiger partial charge in [0.15, 0.2) is 0 Å². The molecule has 0 saturated heterocycles. The number of rotatable bonds is 5. The average molecular weight is 322 g/mol. The molecule has 3 N–H and O–H groups in total. The van der Waals surface area contributed by atoms with Crippen LogP contribution in [0.4, 0.5) is 11.8 Å². The normalized spacial score (nSPS) is 11.0. The monoisotopic (exact) mass is 322 g/mol. The third kappa shape index (κ3) is 3.25. The minimum Gasteiger partial charge on any atom is -0.497 e. The lowest BCUT2D eigenvalue weighted by Crippen LogP contribution is -2.07. The van der Waals surface area contributed by atoms with Crippen LogP contribution in [0, 0.1) is 0 Å². The van der Waals surface area contributed by atoms with Crippen molar-refractivity contribution in [3.8, 4) is 5.75 Å². The van der Waals surface area contributed by atoms with Crippen LogP contribution in [-0.4, -0.2) is 17.1 Å². The fraction of sp³-hybridized carbons (Fsp3) is 0.263. The molecule has 5 heteroatoms. The number of nitrogens with one attached hydrogen (secondary N) is 1. The third-order valence-corrected chi connectivity index (χ3v) is 4.01. The Hall–Kier alpha value is -2.82. The van der Waals surface area contributed by atoms with Gasteiger partial charge in [-0.15, -0.1) is 0 Å². The number of hydrogen-bond donors (Lipinski definition) is 2. The van der Waals surface area contributed by atoms with Crippen LogP contribution in [0.3, 0.4) is 0 Å². The highest BCUT2D eigenvalue weighted by Crippen LogP contribution is 2.30. The first-order valence-electron chi connectivity index (χ1n) is 8.01. The van der Waals surface area contributed by atoms with Crippen molar-refractivity contribution in [3.63, 3.8) is 0 Å². The average Bonchev–Trinajstić information content (AvgIpc) is 2.59. The van der Waals surface area contributed by atoms with Gasteiger partial charge >= 0.3 is 0 Å². The Balaban J connectivity index is 1.95. The summed E-state index contributed by atoms with van der Waals surface area (Å²) in [5.41, 5.74) is 9.10. The largest absolute Gasteiger partial charge is 0.497 e. The highest BCUT2D eigenvalue weighted by molar-refractivity contribution is 5.93. The molecule has 0 amide bonds. The number of nitrogens with two attached hydrogens (primary N) is 1. The third-order valence-electron chi connectivity index (χ3n) is 4.01. The summed E-state index contributed by atoms with van der Waals surface area (Å²) in [6.45, 7) is 4.98. The van der Waals surface area contributed by atoms with Crippen molar-refractivity contribution < 1.29 is 4.74 Å². The number of methoxy groups -OCH3 is 1. The zero-order chi connectivity index (χ0) is 17.1. The number of nitrogen functional groups attached to an aromatic ring is 1. The van der Waals surface area contributed by atoms with Crippen molar-refractivity contribution in [2.75, 3.05) is 18.2 Å². The van der Waals surface area contributed by atoms with E-state index in [1.165, 1.54) is 5.56 Å². The number of anilines is 2. The lowest BCUT2D eigenvalue weighted by atomic mass is 9.98. The Morgan fingerprint density at radius 3 is 2.50 bits per heavy atom. The molecule has 0 aliphatic rings. The molecule has 2 aromatic carbocycles. The van der Waals surface area contributed by atoms with Crippen molar-refractivity contribution in [1.82, 2.24) is 9.97 Å². The van der Waals surface area contributed by atoms with Gasteiger partial charge in [0.25, 0.3) is 0 Å². The molecule has 0 atom stereocenters. The summed E-state index contributed by atoms with van der Waals surface area (Å²) in [6, 6.07) is 14.1. The van der Waals surface area contributed by atoms with Gasteiger partial charge in [-0.2, -0.15) is 4.98 Å². The molecule has 0 aliphatic heterocycles. The maximum absolute atomic E-state index is 5.88. The Labute approximate surface area is 141 Å². The smallest absolute Gasteiger partial charge is 0.222 e. The van der Waals surface area contributed by atoms with Gasteiger partial charge in [0, 0.05) is 11.9 Å². The van der Waals surface area contributed by atoms with Crippen molar-refractivity contribution in [1.29, 1.82) is 0 Å². The minimum atomic E-state index is 0.278. The van der Waals surface area contributed by atoms with Gasteiger partial charge < -0.3 is 15.8 Å². The summed E-state index contributed by atoms with van der Waals surface area (Å²) in [4.78, 5) is 8.79. The lowest BCUT2D eigenvalue weighted by molar-refractivity contribution is 0.414. The van der Waals surface area contributed by atoms with Crippen LogP contribution >= 0.6 is 0 Å². The maximum Gasteiger partial charge on any atom is 0.222 e. The van der Waals surface area contributed by atoms with Crippen LogP contribution in [0.2, 0.25) is 0 Å². The fourth-order valence-electron chi connectivity index (χ4n) is 2.77. The summed E-state index contributed by atoms with van der Waals surface area (Å²) in [6.07, 6.45) is 0. The second kappa shape index (κ2) is 6.74. The zero-order valence-corrected chi connectivity index (χ0v) is 14.2. The van der Waals surface area contributed by atoms with E-state index in [2.05, 4.69) is 35.2 Å². The van der Waals surface area contributed by atoms with Crippen LogP contribution in [0.15, 0.2) is 42.5 Å². The van der Waals surface area contributed by atoms with E-state index >= 15 is 0 Å². The predicted octanol–water partition coefficient (Wildman–Crippen LogP) is 3.96. The molecule has 3 aromatic rings. The Kier molecular flexibility index (Phi) is 4.51. The number of fused-ring (bicyclic) bond motifs is 1. The molecule has 1 heterocycles. The summed E-state index contributed by atoms with van der Waals surface area (Å²) in [5, 5.41) is 4.44. The van der Waals surface area contributed by atoms with E-state index in [0.29, 0.717) is 12.5 Å². The number of hydrogen-bond acceptors (Lipinski definition) is 5. The highest BCUT2D eigenvalue weighted by Gasteiger charge is 2.12. The van der Waals surface area contributed by atoms with E-state index in [-0.39, 0.29) is 5.95 Å². The van der Waals surface area contributed by atoms with E-state index in [0.717, 1.165) is 28.0 Å². The predicted molar refractivity (Wildman–Crippen MR) is 98.4 cm³/mol. The number of benzene rings is 2. The molecule has 124 valence electrons. The molecule has 0 unspecified atom stereocenters. The lowest BCUT2D eigenvalue weighted by Gasteiger charge is -2.15. The summed E-state index contributed by atoms with van der Waals surface area (Å²) in [5.74, 6) is 2.28. The van der Waals surface area contributed by atoms with Crippen LogP contribution in [0.25, 0.3) is 10.9 Å². The molecule has 0 aliphatic carbocycles. The van der Waals surface area contributed by atoms with Crippen molar-refractivity contribution in [2.24, 2.45) is 0 Å².